The van der Waals surface area contributed by atoms with Gasteiger partial charge >= 0.3 is 0 Å². The van der Waals surface area contributed by atoms with Crippen molar-refractivity contribution in [2.45, 2.75) is 61.9 Å². The molecule has 1 unspecified atom stereocenters. The maximum Gasteiger partial charge on any atom is 0.251 e. The molecule has 2 aromatic rings. The Labute approximate surface area is 209 Å². The number of nitrogens with zero attached hydrogens (tertiary/aromatic N) is 2. The number of para-hydroxylation sites is 1. The van der Waals surface area contributed by atoms with E-state index in [9.17, 15) is 13.2 Å². The van der Waals surface area contributed by atoms with E-state index in [-0.39, 0.29) is 22.9 Å². The van der Waals surface area contributed by atoms with E-state index < -0.39 is 10.0 Å². The third kappa shape index (κ3) is 5.88. The van der Waals surface area contributed by atoms with Gasteiger partial charge in [-0.1, -0.05) is 43.5 Å². The lowest BCUT2D eigenvalue weighted by Crippen LogP contribution is -2.38. The van der Waals surface area contributed by atoms with Crippen LogP contribution in [0.4, 0.5) is 0 Å². The molecular formula is C27H37N3O4S. The van der Waals surface area contributed by atoms with Crippen LogP contribution in [0, 0.1) is 0 Å². The van der Waals surface area contributed by atoms with Gasteiger partial charge in [-0.15, -0.1) is 0 Å². The molecule has 1 saturated heterocycles. The van der Waals surface area contributed by atoms with Gasteiger partial charge in [-0.25, -0.2) is 8.42 Å². The van der Waals surface area contributed by atoms with Crippen molar-refractivity contribution in [1.82, 2.24) is 14.5 Å². The van der Waals surface area contributed by atoms with Crippen molar-refractivity contribution in [3.8, 4) is 5.75 Å². The Hall–Kier alpha value is -2.42. The van der Waals surface area contributed by atoms with Crippen LogP contribution in [-0.2, 0) is 10.0 Å². The third-order valence-electron chi connectivity index (χ3n) is 7.40. The highest BCUT2D eigenvalue weighted by molar-refractivity contribution is 7.89. The summed E-state index contributed by atoms with van der Waals surface area (Å²) in [6.45, 7) is 2.36. The molecule has 0 aromatic heterocycles. The Bertz CT molecular complexity index is 1110. The molecule has 1 amide bonds. The van der Waals surface area contributed by atoms with E-state index in [4.69, 9.17) is 4.74 Å². The standard InChI is InChI=1S/C27H37N3O4S/c1-29(22-12-4-3-5-13-22)35(32,33)23-14-10-11-21(19-23)27(31)28-20-25(30-17-8-9-18-30)24-15-6-7-16-26(24)34-2/h6-7,10-11,14-16,19,22,25H,3-5,8-9,12-13,17-18,20H2,1-2H3,(H,28,31). The zero-order chi connectivity index (χ0) is 24.8. The molecule has 7 nitrogen and oxygen atoms in total. The molecule has 35 heavy (non-hydrogen) atoms. The van der Waals surface area contributed by atoms with Gasteiger partial charge in [0.1, 0.15) is 5.75 Å². The van der Waals surface area contributed by atoms with Gasteiger partial charge in [0, 0.05) is 30.8 Å². The number of carbonyl (C=O) groups is 1. The van der Waals surface area contributed by atoms with Crippen LogP contribution < -0.4 is 10.1 Å². The van der Waals surface area contributed by atoms with Crippen LogP contribution in [0.25, 0.3) is 0 Å². The van der Waals surface area contributed by atoms with Gasteiger partial charge in [-0.05, 0) is 63.0 Å². The molecule has 1 heterocycles. The number of hydrogen-bond acceptors (Lipinski definition) is 5. The number of likely N-dealkylation sites (tertiary alicyclic amines) is 1. The topological polar surface area (TPSA) is 78.9 Å². The molecule has 1 atom stereocenters. The van der Waals surface area contributed by atoms with E-state index >= 15 is 0 Å². The lowest BCUT2D eigenvalue weighted by atomic mass is 9.96. The van der Waals surface area contributed by atoms with E-state index in [2.05, 4.69) is 10.2 Å². The summed E-state index contributed by atoms with van der Waals surface area (Å²) in [5, 5.41) is 3.05. The SMILES string of the molecule is COc1ccccc1C(CNC(=O)c1cccc(S(=O)(=O)N(C)C2CCCCC2)c1)N1CCCC1. The summed E-state index contributed by atoms with van der Waals surface area (Å²) in [7, 11) is -0.342. The Balaban J connectivity index is 1.49. The van der Waals surface area contributed by atoms with E-state index in [0.717, 1.165) is 69.3 Å². The highest BCUT2D eigenvalue weighted by Crippen LogP contribution is 2.31. The average molecular weight is 500 g/mol. The number of rotatable bonds is 9. The molecule has 1 aliphatic heterocycles. The fraction of sp³-hybridized carbons (Fsp3) is 0.519. The zero-order valence-corrected chi connectivity index (χ0v) is 21.6. The van der Waals surface area contributed by atoms with Gasteiger partial charge in [0.05, 0.1) is 18.0 Å². The van der Waals surface area contributed by atoms with Crippen molar-refractivity contribution in [2.75, 3.05) is 33.8 Å². The predicted octanol–water partition coefficient (Wildman–Crippen LogP) is 4.22. The molecule has 1 saturated carbocycles. The van der Waals surface area contributed by atoms with Crippen LogP contribution in [0.1, 0.15) is 66.9 Å². The number of methoxy groups -OCH3 is 1. The average Bonchev–Trinajstić information content (AvgIpc) is 3.44. The van der Waals surface area contributed by atoms with E-state index in [1.165, 1.54) is 10.4 Å². The molecule has 1 aliphatic carbocycles. The van der Waals surface area contributed by atoms with Crippen LogP contribution in [-0.4, -0.2) is 63.4 Å². The van der Waals surface area contributed by atoms with E-state index in [1.54, 1.807) is 32.4 Å². The second-order valence-electron chi connectivity index (χ2n) is 9.55. The van der Waals surface area contributed by atoms with Gasteiger partial charge in [-0.2, -0.15) is 4.31 Å². The Morgan fingerprint density at radius 2 is 1.77 bits per heavy atom. The molecule has 1 N–H and O–H groups in total. The van der Waals surface area contributed by atoms with Gasteiger partial charge in [0.25, 0.3) is 5.91 Å². The lowest BCUT2D eigenvalue weighted by molar-refractivity contribution is 0.0937. The summed E-state index contributed by atoms with van der Waals surface area (Å²) >= 11 is 0. The number of ether oxygens (including phenoxy) is 1. The van der Waals surface area contributed by atoms with Gasteiger partial charge in [0.15, 0.2) is 0 Å². The van der Waals surface area contributed by atoms with Crippen molar-refractivity contribution in [2.24, 2.45) is 0 Å². The first-order valence-electron chi connectivity index (χ1n) is 12.6. The fourth-order valence-corrected chi connectivity index (χ4v) is 6.79. The van der Waals surface area contributed by atoms with Crippen molar-refractivity contribution >= 4 is 15.9 Å². The van der Waals surface area contributed by atoms with Crippen molar-refractivity contribution in [3.05, 3.63) is 59.7 Å². The van der Waals surface area contributed by atoms with Crippen molar-refractivity contribution in [3.63, 3.8) is 0 Å². The number of amides is 1. The normalized spacial score (nSPS) is 18.5. The zero-order valence-electron chi connectivity index (χ0n) is 20.8. The minimum atomic E-state index is -3.66. The van der Waals surface area contributed by atoms with Crippen molar-refractivity contribution < 1.29 is 17.9 Å². The molecule has 0 radical (unpaired) electrons. The summed E-state index contributed by atoms with van der Waals surface area (Å²) in [4.78, 5) is 15.7. The van der Waals surface area contributed by atoms with Crippen LogP contribution >= 0.6 is 0 Å². The Morgan fingerprint density at radius 1 is 1.06 bits per heavy atom. The summed E-state index contributed by atoms with van der Waals surface area (Å²) in [6.07, 6.45) is 7.30. The summed E-state index contributed by atoms with van der Waals surface area (Å²) < 4.78 is 33.6. The van der Waals surface area contributed by atoms with Gasteiger partial charge in [-0.3, -0.25) is 9.69 Å². The number of hydrogen-bond donors (Lipinski definition) is 1. The molecule has 0 bridgehead atoms. The summed E-state index contributed by atoms with van der Waals surface area (Å²) in [5.41, 5.74) is 1.39. The van der Waals surface area contributed by atoms with E-state index in [1.807, 2.05) is 24.3 Å². The maximum absolute atomic E-state index is 13.3. The van der Waals surface area contributed by atoms with Crippen LogP contribution in [0.5, 0.6) is 5.75 Å². The Morgan fingerprint density at radius 3 is 2.49 bits per heavy atom. The second kappa shape index (κ2) is 11.5. The largest absolute Gasteiger partial charge is 0.496 e. The number of benzene rings is 2. The molecule has 0 spiro atoms. The summed E-state index contributed by atoms with van der Waals surface area (Å²) in [5.74, 6) is 0.527. The van der Waals surface area contributed by atoms with Crippen LogP contribution in [0.3, 0.4) is 0 Å². The first-order valence-corrected chi connectivity index (χ1v) is 14.1. The quantitative estimate of drug-likeness (QED) is 0.559. The van der Waals surface area contributed by atoms with Gasteiger partial charge in [0.2, 0.25) is 10.0 Å². The minimum Gasteiger partial charge on any atom is -0.496 e. The van der Waals surface area contributed by atoms with Gasteiger partial charge < -0.3 is 10.1 Å². The molecular weight excluding hydrogens is 462 g/mol. The molecule has 190 valence electrons. The van der Waals surface area contributed by atoms with E-state index in [0.29, 0.717) is 12.1 Å². The highest BCUT2D eigenvalue weighted by atomic mass is 32.2. The minimum absolute atomic E-state index is 0.0121. The fourth-order valence-electron chi connectivity index (χ4n) is 5.33. The smallest absolute Gasteiger partial charge is 0.251 e. The molecule has 2 aromatic carbocycles. The van der Waals surface area contributed by atoms with Crippen molar-refractivity contribution in [1.29, 1.82) is 0 Å². The maximum atomic E-state index is 13.3. The highest BCUT2D eigenvalue weighted by Gasteiger charge is 2.30. The molecule has 2 fully saturated rings. The number of nitrogens with one attached hydrogen (secondary N) is 1. The van der Waals surface area contributed by atoms with Crippen LogP contribution in [0.15, 0.2) is 53.4 Å². The van der Waals surface area contributed by atoms with Crippen LogP contribution in [0.2, 0.25) is 0 Å². The predicted molar refractivity (Wildman–Crippen MR) is 137 cm³/mol. The monoisotopic (exact) mass is 499 g/mol. The summed E-state index contributed by atoms with van der Waals surface area (Å²) in [6, 6.07) is 14.3. The first-order chi connectivity index (χ1) is 16.9. The lowest BCUT2D eigenvalue weighted by Gasteiger charge is -2.30. The molecule has 4 rings (SSSR count). The second-order valence-corrected chi connectivity index (χ2v) is 11.5. The third-order valence-corrected chi connectivity index (χ3v) is 9.30. The molecule has 2 aliphatic rings. The Kier molecular flexibility index (Phi) is 8.46. The number of carbonyl (C=O) groups excluding carboxylic acids is 1. The first kappa shape index (κ1) is 25.7. The molecule has 8 heteroatoms. The number of sulfonamides is 1.